The number of nitrogens with one attached hydrogen (secondary N) is 1. The first-order valence-corrected chi connectivity index (χ1v) is 7.05. The number of hydrogen-bond donors (Lipinski definition) is 1. The van der Waals surface area contributed by atoms with Crippen LogP contribution >= 0.6 is 0 Å². The molecule has 0 bridgehead atoms. The van der Waals surface area contributed by atoms with Crippen LogP contribution in [0.4, 0.5) is 0 Å². The lowest BCUT2D eigenvalue weighted by Crippen LogP contribution is -2.29. The zero-order valence-corrected chi connectivity index (χ0v) is 11.6. The molecule has 0 saturated heterocycles. The molecule has 1 N–H and O–H groups in total. The van der Waals surface area contributed by atoms with Crippen molar-refractivity contribution in [3.63, 3.8) is 0 Å². The summed E-state index contributed by atoms with van der Waals surface area (Å²) in [6, 6.07) is 0.688. The zero-order chi connectivity index (χ0) is 12.0. The molecule has 1 aliphatic rings. The first-order valence-electron chi connectivity index (χ1n) is 7.05. The van der Waals surface area contributed by atoms with E-state index in [1.165, 1.54) is 38.8 Å². The quantitative estimate of drug-likeness (QED) is 0.650. The largest absolute Gasteiger partial charge is 0.314 e. The number of hydrogen-bond acceptors (Lipinski definition) is 2. The summed E-state index contributed by atoms with van der Waals surface area (Å²) >= 11 is 0. The van der Waals surface area contributed by atoms with E-state index in [-0.39, 0.29) is 0 Å². The van der Waals surface area contributed by atoms with Gasteiger partial charge in [-0.3, -0.25) is 0 Å². The predicted molar refractivity (Wildman–Crippen MR) is 71.8 cm³/mol. The second kappa shape index (κ2) is 7.29. The van der Waals surface area contributed by atoms with Gasteiger partial charge in [-0.15, -0.1) is 0 Å². The molecule has 3 atom stereocenters. The molecule has 96 valence electrons. The van der Waals surface area contributed by atoms with E-state index in [1.807, 2.05) is 0 Å². The monoisotopic (exact) mass is 226 g/mol. The fraction of sp³-hybridized carbons (Fsp3) is 1.00. The summed E-state index contributed by atoms with van der Waals surface area (Å²) in [6.07, 6.45) is 5.34. The first-order chi connectivity index (χ1) is 7.63. The van der Waals surface area contributed by atoms with E-state index in [4.69, 9.17) is 0 Å². The Bertz CT molecular complexity index is 182. The van der Waals surface area contributed by atoms with Gasteiger partial charge < -0.3 is 10.2 Å². The smallest absolute Gasteiger partial charge is 0.00391 e. The third-order valence-electron chi connectivity index (χ3n) is 3.74. The summed E-state index contributed by atoms with van der Waals surface area (Å²) in [5, 5.41) is 3.55. The molecule has 0 aromatic carbocycles. The van der Waals surface area contributed by atoms with Crippen molar-refractivity contribution in [1.82, 2.24) is 10.2 Å². The molecule has 2 heteroatoms. The van der Waals surface area contributed by atoms with Gasteiger partial charge in [-0.1, -0.05) is 13.8 Å². The van der Waals surface area contributed by atoms with Crippen molar-refractivity contribution in [3.8, 4) is 0 Å². The second-order valence-corrected chi connectivity index (χ2v) is 5.73. The molecule has 0 radical (unpaired) electrons. The fourth-order valence-corrected chi connectivity index (χ4v) is 2.31. The van der Waals surface area contributed by atoms with Crippen LogP contribution in [-0.2, 0) is 0 Å². The normalized spacial score (nSPS) is 26.1. The van der Waals surface area contributed by atoms with Crippen molar-refractivity contribution < 1.29 is 0 Å². The van der Waals surface area contributed by atoms with Crippen LogP contribution in [0.2, 0.25) is 0 Å². The molecule has 1 rings (SSSR count). The van der Waals surface area contributed by atoms with E-state index in [0.29, 0.717) is 6.04 Å². The first kappa shape index (κ1) is 14.0. The van der Waals surface area contributed by atoms with Gasteiger partial charge in [-0.25, -0.2) is 0 Å². The minimum absolute atomic E-state index is 0.688. The molecule has 1 aliphatic carbocycles. The van der Waals surface area contributed by atoms with Gasteiger partial charge in [0.05, 0.1) is 0 Å². The van der Waals surface area contributed by atoms with Gasteiger partial charge in [0.1, 0.15) is 0 Å². The summed E-state index contributed by atoms with van der Waals surface area (Å²) in [5.41, 5.74) is 0. The molecule has 3 unspecified atom stereocenters. The molecular weight excluding hydrogens is 196 g/mol. The highest BCUT2D eigenvalue weighted by atomic mass is 15.1. The summed E-state index contributed by atoms with van der Waals surface area (Å²) in [6.45, 7) is 10.6. The van der Waals surface area contributed by atoms with Crippen molar-refractivity contribution in [1.29, 1.82) is 0 Å². The molecule has 16 heavy (non-hydrogen) atoms. The van der Waals surface area contributed by atoms with Crippen molar-refractivity contribution in [2.45, 2.75) is 52.5 Å². The highest BCUT2D eigenvalue weighted by Gasteiger charge is 2.32. The third-order valence-corrected chi connectivity index (χ3v) is 3.74. The van der Waals surface area contributed by atoms with Crippen LogP contribution in [0, 0.1) is 11.8 Å². The molecule has 0 aromatic heterocycles. The van der Waals surface area contributed by atoms with E-state index in [9.17, 15) is 0 Å². The molecule has 0 aromatic rings. The van der Waals surface area contributed by atoms with Crippen LogP contribution in [0.3, 0.4) is 0 Å². The molecule has 2 nitrogen and oxygen atoms in total. The SMILES string of the molecule is CCCNC(C)CCCN(C)CC1CC1C. The van der Waals surface area contributed by atoms with Crippen molar-refractivity contribution in [2.75, 3.05) is 26.7 Å². The number of nitrogens with zero attached hydrogens (tertiary/aromatic N) is 1. The Balaban J connectivity index is 1.93. The Kier molecular flexibility index (Phi) is 6.37. The van der Waals surface area contributed by atoms with E-state index in [1.54, 1.807) is 0 Å². The van der Waals surface area contributed by atoms with Crippen LogP contribution in [0.5, 0.6) is 0 Å². The number of rotatable bonds is 9. The second-order valence-electron chi connectivity index (χ2n) is 5.73. The van der Waals surface area contributed by atoms with Gasteiger partial charge in [-0.05, 0) is 64.6 Å². The highest BCUT2D eigenvalue weighted by Crippen LogP contribution is 2.37. The van der Waals surface area contributed by atoms with Gasteiger partial charge >= 0.3 is 0 Å². The Labute approximate surface area is 102 Å². The Morgan fingerprint density at radius 1 is 1.44 bits per heavy atom. The summed E-state index contributed by atoms with van der Waals surface area (Å²) in [5.74, 6) is 1.99. The summed E-state index contributed by atoms with van der Waals surface area (Å²) < 4.78 is 0. The topological polar surface area (TPSA) is 15.3 Å². The predicted octanol–water partition coefficient (Wildman–Crippen LogP) is 2.74. The van der Waals surface area contributed by atoms with Crippen LogP contribution in [0.25, 0.3) is 0 Å². The molecular formula is C14H30N2. The Hall–Kier alpha value is -0.0800. The molecule has 0 spiro atoms. The van der Waals surface area contributed by atoms with Crippen LogP contribution < -0.4 is 5.32 Å². The highest BCUT2D eigenvalue weighted by molar-refractivity contribution is 4.84. The van der Waals surface area contributed by atoms with Crippen molar-refractivity contribution in [2.24, 2.45) is 11.8 Å². The summed E-state index contributed by atoms with van der Waals surface area (Å²) in [7, 11) is 2.27. The van der Waals surface area contributed by atoms with E-state index in [0.717, 1.165) is 18.4 Å². The summed E-state index contributed by atoms with van der Waals surface area (Å²) in [4.78, 5) is 2.51. The van der Waals surface area contributed by atoms with Crippen molar-refractivity contribution >= 4 is 0 Å². The molecule has 0 heterocycles. The lowest BCUT2D eigenvalue weighted by atomic mass is 10.1. The Morgan fingerprint density at radius 3 is 2.69 bits per heavy atom. The van der Waals surface area contributed by atoms with Crippen molar-refractivity contribution in [3.05, 3.63) is 0 Å². The molecule has 1 saturated carbocycles. The van der Waals surface area contributed by atoms with E-state index < -0.39 is 0 Å². The maximum Gasteiger partial charge on any atom is 0.00391 e. The maximum absolute atomic E-state index is 3.55. The lowest BCUT2D eigenvalue weighted by molar-refractivity contribution is 0.301. The minimum atomic E-state index is 0.688. The standard InChI is InChI=1S/C14H30N2/c1-5-8-15-13(3)7-6-9-16(4)11-14-10-12(14)2/h12-15H,5-11H2,1-4H3. The molecule has 0 amide bonds. The van der Waals surface area contributed by atoms with Gasteiger partial charge in [0, 0.05) is 12.6 Å². The van der Waals surface area contributed by atoms with Gasteiger partial charge in [0.15, 0.2) is 0 Å². The fourth-order valence-electron chi connectivity index (χ4n) is 2.31. The van der Waals surface area contributed by atoms with Crippen LogP contribution in [-0.4, -0.2) is 37.6 Å². The minimum Gasteiger partial charge on any atom is -0.314 e. The van der Waals surface area contributed by atoms with Gasteiger partial charge in [0.2, 0.25) is 0 Å². The zero-order valence-electron chi connectivity index (χ0n) is 11.6. The lowest BCUT2D eigenvalue weighted by Gasteiger charge is -2.18. The average Bonchev–Trinajstić information content (AvgIpc) is 2.91. The van der Waals surface area contributed by atoms with Crippen LogP contribution in [0.15, 0.2) is 0 Å². The maximum atomic E-state index is 3.55. The van der Waals surface area contributed by atoms with E-state index in [2.05, 4.69) is 38.0 Å². The van der Waals surface area contributed by atoms with Gasteiger partial charge in [-0.2, -0.15) is 0 Å². The van der Waals surface area contributed by atoms with Crippen LogP contribution in [0.1, 0.15) is 46.5 Å². The molecule has 0 aliphatic heterocycles. The molecule has 1 fully saturated rings. The average molecular weight is 226 g/mol. The van der Waals surface area contributed by atoms with Gasteiger partial charge in [0.25, 0.3) is 0 Å². The Morgan fingerprint density at radius 2 is 2.12 bits per heavy atom. The van der Waals surface area contributed by atoms with E-state index >= 15 is 0 Å². The third kappa shape index (κ3) is 5.86.